The smallest absolute Gasteiger partial charge is 0.185 e. The fourth-order valence-corrected chi connectivity index (χ4v) is 3.57. The molecule has 118 valence electrons. The molecule has 3 aromatic rings. The molecular weight excluding hydrogens is 286 g/mol. The molecule has 0 unspecified atom stereocenters. The first-order valence-corrected chi connectivity index (χ1v) is 8.23. The standard InChI is InChI=1S/C18H21N5/c1-13-10-14(2)12-22(11-13)17-9-8-16-19-20-18(23(16)21-17)15-6-4-3-5-7-15/h3-9,13-14H,10-12H2,1-2H3/t13-,14-/m1/s1. The van der Waals surface area contributed by atoms with E-state index in [0.29, 0.717) is 11.8 Å². The number of hydrogen-bond donors (Lipinski definition) is 0. The zero-order chi connectivity index (χ0) is 15.8. The van der Waals surface area contributed by atoms with Crippen LogP contribution in [0.4, 0.5) is 5.82 Å². The molecule has 0 aliphatic carbocycles. The molecular formula is C18H21N5. The number of nitrogens with zero attached hydrogens (tertiary/aromatic N) is 5. The third-order valence-corrected chi connectivity index (χ3v) is 4.47. The average molecular weight is 307 g/mol. The molecule has 1 aliphatic heterocycles. The second-order valence-electron chi connectivity index (χ2n) is 6.70. The van der Waals surface area contributed by atoms with Crippen LogP contribution >= 0.6 is 0 Å². The molecule has 0 saturated carbocycles. The summed E-state index contributed by atoms with van der Waals surface area (Å²) in [6, 6.07) is 14.2. The first-order valence-electron chi connectivity index (χ1n) is 8.23. The van der Waals surface area contributed by atoms with Gasteiger partial charge >= 0.3 is 0 Å². The molecule has 1 saturated heterocycles. The topological polar surface area (TPSA) is 46.3 Å². The Bertz CT molecular complexity index is 801. The molecule has 4 rings (SSSR count). The van der Waals surface area contributed by atoms with Crippen molar-refractivity contribution in [1.82, 2.24) is 19.8 Å². The maximum atomic E-state index is 4.82. The van der Waals surface area contributed by atoms with E-state index < -0.39 is 0 Å². The predicted octanol–water partition coefficient (Wildman–Crippen LogP) is 3.27. The van der Waals surface area contributed by atoms with Gasteiger partial charge in [0.15, 0.2) is 11.5 Å². The molecule has 0 N–H and O–H groups in total. The van der Waals surface area contributed by atoms with Crippen LogP contribution in [-0.2, 0) is 0 Å². The number of hydrogen-bond acceptors (Lipinski definition) is 4. The quantitative estimate of drug-likeness (QED) is 0.729. The van der Waals surface area contributed by atoms with Gasteiger partial charge in [0.25, 0.3) is 0 Å². The van der Waals surface area contributed by atoms with Crippen molar-refractivity contribution in [3.8, 4) is 11.4 Å². The van der Waals surface area contributed by atoms with Crippen LogP contribution in [0.3, 0.4) is 0 Å². The zero-order valence-electron chi connectivity index (χ0n) is 13.6. The third kappa shape index (κ3) is 2.67. The number of aromatic nitrogens is 4. The van der Waals surface area contributed by atoms with Gasteiger partial charge < -0.3 is 4.90 Å². The van der Waals surface area contributed by atoms with E-state index in [9.17, 15) is 0 Å². The van der Waals surface area contributed by atoms with Gasteiger partial charge in [0.05, 0.1) is 0 Å². The summed E-state index contributed by atoms with van der Waals surface area (Å²) in [5.74, 6) is 3.20. The molecule has 5 heteroatoms. The van der Waals surface area contributed by atoms with Crippen LogP contribution in [0.1, 0.15) is 20.3 Å². The van der Waals surface area contributed by atoms with E-state index in [1.165, 1.54) is 6.42 Å². The van der Waals surface area contributed by atoms with E-state index in [1.54, 1.807) is 0 Å². The SMILES string of the molecule is C[C@@H]1C[C@@H](C)CN(c2ccc3nnc(-c4ccccc4)n3n2)C1. The van der Waals surface area contributed by atoms with Gasteiger partial charge in [-0.3, -0.25) is 0 Å². The first-order chi connectivity index (χ1) is 11.2. The Morgan fingerprint density at radius 2 is 1.65 bits per heavy atom. The van der Waals surface area contributed by atoms with Crippen molar-refractivity contribution >= 4 is 11.5 Å². The molecule has 0 spiro atoms. The van der Waals surface area contributed by atoms with Crippen LogP contribution < -0.4 is 4.90 Å². The number of piperidine rings is 1. The van der Waals surface area contributed by atoms with E-state index in [2.05, 4.69) is 35.0 Å². The van der Waals surface area contributed by atoms with E-state index in [1.807, 2.05) is 40.9 Å². The number of benzene rings is 1. The molecule has 2 atom stereocenters. The Hall–Kier alpha value is -2.43. The normalized spacial score (nSPS) is 21.7. The van der Waals surface area contributed by atoms with Gasteiger partial charge in [-0.15, -0.1) is 15.3 Å². The zero-order valence-corrected chi connectivity index (χ0v) is 13.6. The van der Waals surface area contributed by atoms with Crippen LogP contribution in [0.25, 0.3) is 17.0 Å². The van der Waals surface area contributed by atoms with Crippen molar-refractivity contribution in [1.29, 1.82) is 0 Å². The lowest BCUT2D eigenvalue weighted by Gasteiger charge is -2.35. The summed E-state index contributed by atoms with van der Waals surface area (Å²) in [7, 11) is 0. The predicted molar refractivity (Wildman–Crippen MR) is 91.4 cm³/mol. The van der Waals surface area contributed by atoms with Gasteiger partial charge in [-0.25, -0.2) is 0 Å². The molecule has 23 heavy (non-hydrogen) atoms. The molecule has 2 aromatic heterocycles. The second kappa shape index (κ2) is 5.65. The van der Waals surface area contributed by atoms with E-state index in [0.717, 1.165) is 35.9 Å². The van der Waals surface area contributed by atoms with Crippen molar-refractivity contribution in [3.05, 3.63) is 42.5 Å². The molecule has 1 fully saturated rings. The largest absolute Gasteiger partial charge is 0.355 e. The summed E-state index contributed by atoms with van der Waals surface area (Å²) in [4.78, 5) is 2.38. The van der Waals surface area contributed by atoms with Gasteiger partial charge in [0.2, 0.25) is 0 Å². The summed E-state index contributed by atoms with van der Waals surface area (Å²) in [5.41, 5.74) is 1.82. The minimum absolute atomic E-state index is 0.700. The summed E-state index contributed by atoms with van der Waals surface area (Å²) in [6.45, 7) is 6.75. The van der Waals surface area contributed by atoms with Crippen LogP contribution in [0.2, 0.25) is 0 Å². The van der Waals surface area contributed by atoms with Crippen molar-refractivity contribution in [3.63, 3.8) is 0 Å². The Balaban J connectivity index is 1.75. The fraction of sp³-hybridized carbons (Fsp3) is 0.389. The second-order valence-corrected chi connectivity index (χ2v) is 6.70. The molecule has 0 bridgehead atoms. The first kappa shape index (κ1) is 14.2. The van der Waals surface area contributed by atoms with Crippen LogP contribution in [-0.4, -0.2) is 32.9 Å². The van der Waals surface area contributed by atoms with Gasteiger partial charge in [0, 0.05) is 18.7 Å². The minimum atomic E-state index is 0.700. The number of fused-ring (bicyclic) bond motifs is 1. The lowest BCUT2D eigenvalue weighted by molar-refractivity contribution is 0.354. The van der Waals surface area contributed by atoms with Crippen molar-refractivity contribution < 1.29 is 0 Å². The maximum Gasteiger partial charge on any atom is 0.185 e. The maximum absolute atomic E-state index is 4.82. The minimum Gasteiger partial charge on any atom is -0.355 e. The van der Waals surface area contributed by atoms with E-state index >= 15 is 0 Å². The molecule has 5 nitrogen and oxygen atoms in total. The van der Waals surface area contributed by atoms with Gasteiger partial charge in [0.1, 0.15) is 5.82 Å². The summed E-state index contributed by atoms with van der Waals surface area (Å²) in [6.07, 6.45) is 1.29. The van der Waals surface area contributed by atoms with E-state index in [4.69, 9.17) is 5.10 Å². The monoisotopic (exact) mass is 307 g/mol. The van der Waals surface area contributed by atoms with Crippen LogP contribution in [0.15, 0.2) is 42.5 Å². The highest BCUT2D eigenvalue weighted by Gasteiger charge is 2.23. The van der Waals surface area contributed by atoms with Crippen molar-refractivity contribution in [2.75, 3.05) is 18.0 Å². The lowest BCUT2D eigenvalue weighted by Crippen LogP contribution is -2.39. The third-order valence-electron chi connectivity index (χ3n) is 4.47. The summed E-state index contributed by atoms with van der Waals surface area (Å²) in [5, 5.41) is 13.4. The Kier molecular flexibility index (Phi) is 3.48. The highest BCUT2D eigenvalue weighted by molar-refractivity contribution is 5.59. The van der Waals surface area contributed by atoms with Gasteiger partial charge in [-0.1, -0.05) is 44.2 Å². The van der Waals surface area contributed by atoms with E-state index in [-0.39, 0.29) is 0 Å². The van der Waals surface area contributed by atoms with Crippen LogP contribution in [0.5, 0.6) is 0 Å². The molecule has 1 aliphatic rings. The van der Waals surface area contributed by atoms with Gasteiger partial charge in [-0.2, -0.15) is 4.52 Å². The fourth-order valence-electron chi connectivity index (χ4n) is 3.57. The van der Waals surface area contributed by atoms with Crippen molar-refractivity contribution in [2.24, 2.45) is 11.8 Å². The Morgan fingerprint density at radius 1 is 0.913 bits per heavy atom. The van der Waals surface area contributed by atoms with Crippen LogP contribution in [0, 0.1) is 11.8 Å². The van der Waals surface area contributed by atoms with Gasteiger partial charge in [-0.05, 0) is 30.4 Å². The molecule has 3 heterocycles. The number of rotatable bonds is 2. The molecule has 0 radical (unpaired) electrons. The summed E-state index contributed by atoms with van der Waals surface area (Å²) < 4.78 is 1.86. The highest BCUT2D eigenvalue weighted by atomic mass is 15.4. The molecule has 0 amide bonds. The highest BCUT2D eigenvalue weighted by Crippen LogP contribution is 2.26. The molecule has 1 aromatic carbocycles. The Morgan fingerprint density at radius 3 is 2.39 bits per heavy atom. The van der Waals surface area contributed by atoms with Crippen molar-refractivity contribution in [2.45, 2.75) is 20.3 Å². The summed E-state index contributed by atoms with van der Waals surface area (Å²) >= 11 is 0. The number of anilines is 1. The lowest BCUT2D eigenvalue weighted by atomic mass is 9.92. The average Bonchev–Trinajstić information content (AvgIpc) is 2.98. The Labute approximate surface area is 136 Å².